The number of rotatable bonds is 6. The summed E-state index contributed by atoms with van der Waals surface area (Å²) in [7, 11) is 0. The molecule has 1 aliphatic heterocycles. The van der Waals surface area contributed by atoms with Gasteiger partial charge in [0.1, 0.15) is 11.4 Å². The van der Waals surface area contributed by atoms with Crippen molar-refractivity contribution in [3.8, 4) is 0 Å². The number of Topliss-reactive ketones (excluding diaryl/α,β-unsaturated/α-hetero) is 3. The fourth-order valence-electron chi connectivity index (χ4n) is 4.29. The van der Waals surface area contributed by atoms with Crippen molar-refractivity contribution in [2.24, 2.45) is 5.92 Å². The molecule has 2 aliphatic rings. The average Bonchev–Trinajstić information content (AvgIpc) is 2.95. The van der Waals surface area contributed by atoms with Crippen LogP contribution in [0.15, 0.2) is 18.3 Å². The molecule has 0 saturated heterocycles. The van der Waals surface area contributed by atoms with Crippen molar-refractivity contribution in [2.75, 3.05) is 0 Å². The molecule has 0 bridgehead atoms. The van der Waals surface area contributed by atoms with Crippen molar-refractivity contribution in [2.45, 2.75) is 84.6 Å². The number of aromatic nitrogens is 2. The zero-order valence-corrected chi connectivity index (χ0v) is 17.9. The smallest absolute Gasteiger partial charge is 0.166 e. The highest BCUT2D eigenvalue weighted by Gasteiger charge is 2.41. The molecule has 5 nitrogen and oxygen atoms in total. The maximum Gasteiger partial charge on any atom is 0.166 e. The van der Waals surface area contributed by atoms with Gasteiger partial charge < -0.3 is 4.57 Å². The Morgan fingerprint density at radius 3 is 2.52 bits per heavy atom. The minimum atomic E-state index is -0.753. The third-order valence-electron chi connectivity index (χ3n) is 5.83. The van der Waals surface area contributed by atoms with Gasteiger partial charge in [0.05, 0.1) is 0 Å². The average molecular weight is 397 g/mol. The summed E-state index contributed by atoms with van der Waals surface area (Å²) in [6, 6.07) is 3.06. The second kappa shape index (κ2) is 9.47. The van der Waals surface area contributed by atoms with Gasteiger partial charge in [0.15, 0.2) is 17.6 Å². The quantitative estimate of drug-likeness (QED) is 0.658. The van der Waals surface area contributed by atoms with E-state index in [9.17, 15) is 14.4 Å². The molecule has 1 fully saturated rings. The molecule has 5 heteroatoms. The maximum atomic E-state index is 13.0. The van der Waals surface area contributed by atoms with Gasteiger partial charge in [0, 0.05) is 42.5 Å². The summed E-state index contributed by atoms with van der Waals surface area (Å²) in [5.41, 5.74) is 2.60. The van der Waals surface area contributed by atoms with Crippen molar-refractivity contribution in [1.82, 2.24) is 9.55 Å². The van der Waals surface area contributed by atoms with Crippen LogP contribution in [-0.4, -0.2) is 26.9 Å². The predicted octanol–water partition coefficient (Wildman–Crippen LogP) is 4.79. The Bertz CT molecular complexity index is 908. The van der Waals surface area contributed by atoms with Gasteiger partial charge in [-0.25, -0.2) is 4.98 Å². The molecule has 0 N–H and O–H groups in total. The maximum absolute atomic E-state index is 13.0. The van der Waals surface area contributed by atoms with E-state index in [1.165, 1.54) is 6.42 Å². The van der Waals surface area contributed by atoms with Gasteiger partial charge in [0.25, 0.3) is 0 Å². The highest BCUT2D eigenvalue weighted by molar-refractivity contribution is 6.08. The SMILES string of the molecule is CCC.CCCC(=O)Cc1c2n(c3ncccc13)C(C(=O)C1CCC1)C(=O)CC2. The molecular formula is C24H32N2O3. The van der Waals surface area contributed by atoms with E-state index in [0.717, 1.165) is 42.3 Å². The monoisotopic (exact) mass is 396 g/mol. The van der Waals surface area contributed by atoms with Crippen molar-refractivity contribution < 1.29 is 14.4 Å². The number of fused-ring (bicyclic) bond motifs is 3. The molecule has 29 heavy (non-hydrogen) atoms. The lowest BCUT2D eigenvalue weighted by Crippen LogP contribution is -2.38. The third kappa shape index (κ3) is 4.19. The van der Waals surface area contributed by atoms with Crippen LogP contribution in [0.25, 0.3) is 11.0 Å². The summed E-state index contributed by atoms with van der Waals surface area (Å²) >= 11 is 0. The number of hydrogen-bond acceptors (Lipinski definition) is 4. The number of carbonyl (C=O) groups excluding carboxylic acids is 3. The first-order chi connectivity index (χ1) is 14.0. The number of nitrogens with zero attached hydrogens (tertiary/aromatic N) is 2. The van der Waals surface area contributed by atoms with Crippen LogP contribution in [0.1, 0.15) is 83.0 Å². The minimum Gasteiger partial charge on any atom is -0.312 e. The molecule has 156 valence electrons. The molecule has 0 amide bonds. The molecule has 2 aromatic rings. The van der Waals surface area contributed by atoms with Crippen LogP contribution in [0.2, 0.25) is 0 Å². The first-order valence-corrected chi connectivity index (χ1v) is 11.1. The standard InChI is InChI=1S/C21H24N2O3.C3H8/c1-2-5-14(24)12-16-15-8-4-11-22-21(15)23-17(16)9-10-18(25)19(23)20(26)13-6-3-7-13;1-3-2/h4,8,11,13,19H,2-3,5-7,9-10,12H2,1H3;3H2,1-2H3. The molecule has 1 aliphatic carbocycles. The van der Waals surface area contributed by atoms with E-state index in [0.29, 0.717) is 31.3 Å². The topological polar surface area (TPSA) is 69.0 Å². The molecule has 1 atom stereocenters. The van der Waals surface area contributed by atoms with Crippen LogP contribution < -0.4 is 0 Å². The fourth-order valence-corrected chi connectivity index (χ4v) is 4.29. The highest BCUT2D eigenvalue weighted by atomic mass is 16.2. The molecule has 0 spiro atoms. The van der Waals surface area contributed by atoms with E-state index in [1.807, 2.05) is 23.6 Å². The van der Waals surface area contributed by atoms with Gasteiger partial charge in [-0.1, -0.05) is 33.6 Å². The summed E-state index contributed by atoms with van der Waals surface area (Å²) < 4.78 is 1.86. The Morgan fingerprint density at radius 1 is 1.17 bits per heavy atom. The van der Waals surface area contributed by atoms with Gasteiger partial charge >= 0.3 is 0 Å². The Kier molecular flexibility index (Phi) is 6.99. The largest absolute Gasteiger partial charge is 0.312 e. The number of carbonyl (C=O) groups is 3. The molecule has 1 unspecified atom stereocenters. The number of ketones is 3. The van der Waals surface area contributed by atoms with E-state index in [4.69, 9.17) is 0 Å². The van der Waals surface area contributed by atoms with Gasteiger partial charge in [-0.05, 0) is 43.4 Å². The normalized spacial score (nSPS) is 18.6. The van der Waals surface area contributed by atoms with E-state index >= 15 is 0 Å². The van der Waals surface area contributed by atoms with E-state index in [2.05, 4.69) is 18.8 Å². The molecule has 2 aromatic heterocycles. The van der Waals surface area contributed by atoms with Crippen LogP contribution in [0, 0.1) is 5.92 Å². The van der Waals surface area contributed by atoms with E-state index < -0.39 is 6.04 Å². The predicted molar refractivity (Wildman–Crippen MR) is 114 cm³/mol. The van der Waals surface area contributed by atoms with Crippen molar-refractivity contribution in [1.29, 1.82) is 0 Å². The van der Waals surface area contributed by atoms with Crippen LogP contribution in [0.5, 0.6) is 0 Å². The molecule has 1 saturated carbocycles. The van der Waals surface area contributed by atoms with Gasteiger partial charge in [-0.15, -0.1) is 0 Å². The van der Waals surface area contributed by atoms with Gasteiger partial charge in [0.2, 0.25) is 0 Å². The first kappa shape index (κ1) is 21.4. The van der Waals surface area contributed by atoms with E-state index in [-0.39, 0.29) is 23.3 Å². The van der Waals surface area contributed by atoms with Crippen molar-refractivity contribution in [3.63, 3.8) is 0 Å². The van der Waals surface area contributed by atoms with Gasteiger partial charge in [-0.3, -0.25) is 14.4 Å². The number of pyridine rings is 1. The molecule has 0 aromatic carbocycles. The Morgan fingerprint density at radius 2 is 1.90 bits per heavy atom. The second-order valence-electron chi connectivity index (χ2n) is 8.24. The Labute approximate surface area is 172 Å². The Hall–Kier alpha value is -2.30. The minimum absolute atomic E-state index is 0.00114. The summed E-state index contributed by atoms with van der Waals surface area (Å²) in [6.45, 7) is 6.25. The van der Waals surface area contributed by atoms with E-state index in [1.54, 1.807) is 6.20 Å². The highest BCUT2D eigenvalue weighted by Crippen LogP contribution is 2.38. The van der Waals surface area contributed by atoms with Crippen molar-refractivity contribution >= 4 is 28.4 Å². The number of hydrogen-bond donors (Lipinski definition) is 0. The molecular weight excluding hydrogens is 364 g/mol. The van der Waals surface area contributed by atoms with Crippen LogP contribution in [0.3, 0.4) is 0 Å². The fraction of sp³-hybridized carbons (Fsp3) is 0.583. The van der Waals surface area contributed by atoms with Crippen LogP contribution >= 0.6 is 0 Å². The summed E-state index contributed by atoms with van der Waals surface area (Å²) in [6.07, 6.45) is 8.45. The zero-order valence-electron chi connectivity index (χ0n) is 17.9. The summed E-state index contributed by atoms with van der Waals surface area (Å²) in [5.74, 6) is 0.228. The van der Waals surface area contributed by atoms with Crippen LogP contribution in [-0.2, 0) is 27.2 Å². The zero-order chi connectivity index (χ0) is 21.0. The molecule has 0 radical (unpaired) electrons. The molecule has 4 rings (SSSR count). The second-order valence-corrected chi connectivity index (χ2v) is 8.24. The Balaban J connectivity index is 0.000000755. The lowest BCUT2D eigenvalue weighted by molar-refractivity contribution is -0.136. The first-order valence-electron chi connectivity index (χ1n) is 11.1. The lowest BCUT2D eigenvalue weighted by Gasteiger charge is -2.31. The van der Waals surface area contributed by atoms with Gasteiger partial charge in [-0.2, -0.15) is 0 Å². The van der Waals surface area contributed by atoms with Crippen molar-refractivity contribution in [3.05, 3.63) is 29.6 Å². The summed E-state index contributed by atoms with van der Waals surface area (Å²) in [4.78, 5) is 42.5. The summed E-state index contributed by atoms with van der Waals surface area (Å²) in [5, 5.41) is 0.910. The lowest BCUT2D eigenvalue weighted by atomic mass is 9.78. The third-order valence-corrected chi connectivity index (χ3v) is 5.83. The van der Waals surface area contributed by atoms with Crippen LogP contribution in [0.4, 0.5) is 0 Å². The molecule has 3 heterocycles.